The number of hydrogen-bond donors (Lipinski definition) is 3. The molecule has 1 atom stereocenters. The van der Waals surface area contributed by atoms with Crippen LogP contribution in [-0.2, 0) is 0 Å². The lowest BCUT2D eigenvalue weighted by molar-refractivity contribution is 0.625. The zero-order valence-electron chi connectivity index (χ0n) is 14.9. The van der Waals surface area contributed by atoms with E-state index < -0.39 is 17.7 Å². The van der Waals surface area contributed by atoms with Gasteiger partial charge in [-0.15, -0.1) is 0 Å². The molecular weight excluding hydrogens is 364 g/mol. The number of fused-ring (bicyclic) bond motifs is 1. The van der Waals surface area contributed by atoms with E-state index in [1.807, 2.05) is 6.92 Å². The van der Waals surface area contributed by atoms with Crippen molar-refractivity contribution >= 4 is 28.4 Å². The van der Waals surface area contributed by atoms with Crippen LogP contribution in [0.1, 0.15) is 18.8 Å². The van der Waals surface area contributed by atoms with Gasteiger partial charge in [0.25, 0.3) is 0 Å². The van der Waals surface area contributed by atoms with Crippen LogP contribution in [0.25, 0.3) is 16.7 Å². The second-order valence-electron chi connectivity index (χ2n) is 6.31. The van der Waals surface area contributed by atoms with E-state index in [1.165, 1.54) is 30.6 Å². The fourth-order valence-electron chi connectivity index (χ4n) is 3.04. The monoisotopic (exact) mass is 381 g/mol. The molecule has 7 nitrogen and oxygen atoms in total. The summed E-state index contributed by atoms with van der Waals surface area (Å²) in [4.78, 5) is 12.5. The SMILES string of the molecule is C[C@@H](Nc1ncnc(N)c1N)c1nc2ccc(F)cc2n1-c1cccc(F)c1. The van der Waals surface area contributed by atoms with E-state index in [1.54, 1.807) is 22.8 Å². The average molecular weight is 381 g/mol. The molecule has 0 saturated heterocycles. The van der Waals surface area contributed by atoms with E-state index in [0.29, 0.717) is 28.4 Å². The predicted octanol–water partition coefficient (Wildman–Crippen LogP) is 3.43. The van der Waals surface area contributed by atoms with E-state index in [9.17, 15) is 8.78 Å². The summed E-state index contributed by atoms with van der Waals surface area (Å²) < 4.78 is 29.4. The molecule has 0 amide bonds. The molecule has 4 rings (SSSR count). The summed E-state index contributed by atoms with van der Waals surface area (Å²) in [5.41, 5.74) is 13.5. The Kier molecular flexibility index (Phi) is 4.26. The molecule has 0 unspecified atom stereocenters. The summed E-state index contributed by atoms with van der Waals surface area (Å²) in [6.45, 7) is 1.84. The van der Waals surface area contributed by atoms with Crippen molar-refractivity contribution in [1.82, 2.24) is 19.5 Å². The zero-order chi connectivity index (χ0) is 19.8. The Morgan fingerprint density at radius 2 is 1.82 bits per heavy atom. The minimum atomic E-state index is -0.412. The normalized spacial score (nSPS) is 12.2. The van der Waals surface area contributed by atoms with Gasteiger partial charge in [-0.2, -0.15) is 0 Å². The number of imidazole rings is 1. The molecule has 28 heavy (non-hydrogen) atoms. The van der Waals surface area contributed by atoms with Crippen molar-refractivity contribution in [3.8, 4) is 5.69 Å². The highest BCUT2D eigenvalue weighted by atomic mass is 19.1. The summed E-state index contributed by atoms with van der Waals surface area (Å²) in [5, 5.41) is 3.14. The van der Waals surface area contributed by atoms with Crippen molar-refractivity contribution in [2.45, 2.75) is 13.0 Å². The van der Waals surface area contributed by atoms with Crippen LogP contribution in [-0.4, -0.2) is 19.5 Å². The molecule has 2 heterocycles. The average Bonchev–Trinajstić information content (AvgIpc) is 3.04. The van der Waals surface area contributed by atoms with Crippen LogP contribution in [0, 0.1) is 11.6 Å². The van der Waals surface area contributed by atoms with Crippen molar-refractivity contribution in [3.63, 3.8) is 0 Å². The number of benzene rings is 2. The summed E-state index contributed by atoms with van der Waals surface area (Å²) in [6.07, 6.45) is 1.30. The molecule has 0 aliphatic carbocycles. The first-order chi connectivity index (χ1) is 13.4. The lowest BCUT2D eigenvalue weighted by Crippen LogP contribution is -2.15. The van der Waals surface area contributed by atoms with Gasteiger partial charge in [-0.05, 0) is 37.3 Å². The molecule has 5 N–H and O–H groups in total. The number of nitrogens with two attached hydrogens (primary N) is 2. The lowest BCUT2D eigenvalue weighted by atomic mass is 10.2. The number of anilines is 3. The predicted molar refractivity (Wildman–Crippen MR) is 104 cm³/mol. The summed E-state index contributed by atoms with van der Waals surface area (Å²) in [6, 6.07) is 9.87. The number of nitrogens with zero attached hydrogens (tertiary/aromatic N) is 4. The molecule has 0 spiro atoms. The van der Waals surface area contributed by atoms with Gasteiger partial charge in [0.2, 0.25) is 0 Å². The maximum Gasteiger partial charge on any atom is 0.155 e. The number of nitrogens with one attached hydrogen (secondary N) is 1. The van der Waals surface area contributed by atoms with Crippen LogP contribution in [0.3, 0.4) is 0 Å². The van der Waals surface area contributed by atoms with Crippen molar-refractivity contribution in [3.05, 3.63) is 66.3 Å². The van der Waals surface area contributed by atoms with Gasteiger partial charge < -0.3 is 16.8 Å². The van der Waals surface area contributed by atoms with Gasteiger partial charge in [-0.25, -0.2) is 23.7 Å². The largest absolute Gasteiger partial charge is 0.393 e. The summed E-state index contributed by atoms with van der Waals surface area (Å²) >= 11 is 0. The number of nitrogen functional groups attached to an aromatic ring is 2. The van der Waals surface area contributed by atoms with Crippen LogP contribution in [0.4, 0.5) is 26.1 Å². The highest BCUT2D eigenvalue weighted by Crippen LogP contribution is 2.29. The molecule has 0 saturated carbocycles. The Bertz CT molecular complexity index is 1170. The van der Waals surface area contributed by atoms with Crippen LogP contribution >= 0.6 is 0 Å². The number of halogens is 2. The number of hydrogen-bond acceptors (Lipinski definition) is 6. The minimum Gasteiger partial charge on any atom is -0.393 e. The van der Waals surface area contributed by atoms with Crippen molar-refractivity contribution < 1.29 is 8.78 Å². The minimum absolute atomic E-state index is 0.158. The van der Waals surface area contributed by atoms with Gasteiger partial charge in [0, 0.05) is 6.07 Å². The van der Waals surface area contributed by atoms with Gasteiger partial charge in [0.05, 0.1) is 22.8 Å². The Hall–Kier alpha value is -3.75. The van der Waals surface area contributed by atoms with E-state index in [-0.39, 0.29) is 11.5 Å². The molecule has 0 aliphatic rings. The first kappa shape index (κ1) is 17.7. The lowest BCUT2D eigenvalue weighted by Gasteiger charge is -2.18. The smallest absolute Gasteiger partial charge is 0.155 e. The molecule has 9 heteroatoms. The number of rotatable bonds is 4. The Morgan fingerprint density at radius 1 is 1.04 bits per heavy atom. The highest BCUT2D eigenvalue weighted by Gasteiger charge is 2.20. The van der Waals surface area contributed by atoms with Crippen LogP contribution < -0.4 is 16.8 Å². The van der Waals surface area contributed by atoms with Gasteiger partial charge in [0.1, 0.15) is 29.5 Å². The third-order valence-corrected chi connectivity index (χ3v) is 4.36. The van der Waals surface area contributed by atoms with Crippen molar-refractivity contribution in [2.75, 3.05) is 16.8 Å². The van der Waals surface area contributed by atoms with E-state index in [4.69, 9.17) is 11.5 Å². The van der Waals surface area contributed by atoms with Crippen molar-refractivity contribution in [1.29, 1.82) is 0 Å². The first-order valence-electron chi connectivity index (χ1n) is 8.50. The third-order valence-electron chi connectivity index (χ3n) is 4.36. The second kappa shape index (κ2) is 6.76. The van der Waals surface area contributed by atoms with Crippen LogP contribution in [0.2, 0.25) is 0 Å². The van der Waals surface area contributed by atoms with E-state index in [2.05, 4.69) is 20.3 Å². The molecule has 142 valence electrons. The van der Waals surface area contributed by atoms with Crippen LogP contribution in [0.5, 0.6) is 0 Å². The van der Waals surface area contributed by atoms with E-state index in [0.717, 1.165) is 0 Å². The Labute approximate surface area is 159 Å². The quantitative estimate of drug-likeness (QED) is 0.500. The van der Waals surface area contributed by atoms with Gasteiger partial charge in [-0.1, -0.05) is 6.07 Å². The molecule has 2 aromatic carbocycles. The van der Waals surface area contributed by atoms with E-state index >= 15 is 0 Å². The highest BCUT2D eigenvalue weighted by molar-refractivity contribution is 5.79. The molecule has 0 aliphatic heterocycles. The van der Waals surface area contributed by atoms with Gasteiger partial charge in [-0.3, -0.25) is 4.57 Å². The topological polar surface area (TPSA) is 108 Å². The van der Waals surface area contributed by atoms with Gasteiger partial charge in [0.15, 0.2) is 11.6 Å². The van der Waals surface area contributed by atoms with Crippen molar-refractivity contribution in [2.24, 2.45) is 0 Å². The first-order valence-corrected chi connectivity index (χ1v) is 8.50. The molecule has 0 bridgehead atoms. The number of aromatic nitrogens is 4. The maximum atomic E-state index is 13.9. The second-order valence-corrected chi connectivity index (χ2v) is 6.31. The summed E-state index contributed by atoms with van der Waals surface area (Å²) in [5.74, 6) is 0.220. The summed E-state index contributed by atoms with van der Waals surface area (Å²) in [7, 11) is 0. The molecular formula is C19H17F2N7. The molecule has 0 fully saturated rings. The fraction of sp³-hybridized carbons (Fsp3) is 0.105. The maximum absolute atomic E-state index is 13.9. The third kappa shape index (κ3) is 3.07. The standard InChI is InChI=1S/C19H17F2N7/c1-10(26-18-16(22)17(23)24-9-25-18)19-27-14-6-5-12(21)8-15(14)28(19)13-4-2-3-11(20)7-13/h2-10H,22H2,1H3,(H3,23,24,25,26)/t10-/m1/s1. The Morgan fingerprint density at radius 3 is 2.61 bits per heavy atom. The van der Waals surface area contributed by atoms with Crippen LogP contribution in [0.15, 0.2) is 48.8 Å². The van der Waals surface area contributed by atoms with Gasteiger partial charge >= 0.3 is 0 Å². The Balaban J connectivity index is 1.86. The molecule has 0 radical (unpaired) electrons. The molecule has 4 aromatic rings. The molecule has 2 aromatic heterocycles. The zero-order valence-corrected chi connectivity index (χ0v) is 14.9. The fourth-order valence-corrected chi connectivity index (χ4v) is 3.04.